The molecule has 422 valence electrons. The van der Waals surface area contributed by atoms with Crippen molar-refractivity contribution in [1.82, 2.24) is 16.0 Å². The largest absolute Gasteiger partial charge is 0.385 e. The molecule has 0 aliphatic heterocycles. The summed E-state index contributed by atoms with van der Waals surface area (Å²) in [6.07, 6.45) is 1.42. The highest BCUT2D eigenvalue weighted by Gasteiger charge is 2.21. The molecule has 0 aliphatic carbocycles. The minimum absolute atomic E-state index is 0.0944. The molecule has 0 heterocycles. The Labute approximate surface area is 485 Å². The summed E-state index contributed by atoms with van der Waals surface area (Å²) in [5.41, 5.74) is 13.0. The van der Waals surface area contributed by atoms with E-state index in [0.29, 0.717) is 49.8 Å². The number of nitrogens with zero attached hydrogens (tertiary/aromatic N) is 4. The molecular weight excluding hydrogens is 1040 g/mol. The number of para-hydroxylation sites is 3. The molecule has 0 aliphatic rings. The third-order valence-corrected chi connectivity index (χ3v) is 13.3. The highest BCUT2D eigenvalue weighted by atomic mass is 16.5. The van der Waals surface area contributed by atoms with Crippen molar-refractivity contribution in [2.24, 2.45) is 0 Å². The maximum absolute atomic E-state index is 12.9. The van der Waals surface area contributed by atoms with Crippen molar-refractivity contribution in [3.8, 4) is 0 Å². The molecule has 16 heteroatoms. The van der Waals surface area contributed by atoms with Crippen molar-refractivity contribution < 1.29 is 28.6 Å². The molecule has 0 radical (unpaired) electrons. The van der Waals surface area contributed by atoms with Gasteiger partial charge in [0.2, 0.25) is 0 Å². The van der Waals surface area contributed by atoms with Crippen LogP contribution in [0.1, 0.15) is 12.8 Å². The molecule has 0 spiro atoms. The Hall–Kier alpha value is -10.1. The smallest absolute Gasteiger partial charge is 0.321 e. The minimum Gasteiger partial charge on any atom is -0.385 e. The third-order valence-electron chi connectivity index (χ3n) is 13.3. The lowest BCUT2D eigenvalue weighted by Crippen LogP contribution is -2.30. The highest BCUT2D eigenvalue weighted by Crippen LogP contribution is 2.43. The van der Waals surface area contributed by atoms with Crippen LogP contribution in [-0.4, -0.2) is 72.5 Å². The number of rotatable bonds is 25. The van der Waals surface area contributed by atoms with Gasteiger partial charge in [-0.1, -0.05) is 60.7 Å². The van der Waals surface area contributed by atoms with E-state index < -0.39 is 0 Å². The van der Waals surface area contributed by atoms with Crippen LogP contribution in [0.15, 0.2) is 237 Å². The van der Waals surface area contributed by atoms with E-state index in [0.717, 1.165) is 74.7 Å². The molecular formula is C67H68N10O6. The average Bonchev–Trinajstić information content (AvgIpc) is 3.55. The molecule has 9 rings (SSSR count). The van der Waals surface area contributed by atoms with E-state index in [1.807, 2.05) is 127 Å². The molecule has 0 bridgehead atoms. The number of hydrogen-bond acceptors (Lipinski definition) is 10. The fourth-order valence-corrected chi connectivity index (χ4v) is 9.38. The van der Waals surface area contributed by atoms with Crippen molar-refractivity contribution >= 4 is 103 Å². The Balaban J connectivity index is 1.07. The van der Waals surface area contributed by atoms with Crippen molar-refractivity contribution in [3.63, 3.8) is 0 Å². The first-order chi connectivity index (χ1) is 40.8. The Bertz CT molecular complexity index is 3450. The van der Waals surface area contributed by atoms with Crippen LogP contribution in [0.3, 0.4) is 0 Å². The van der Waals surface area contributed by atoms with Crippen LogP contribution in [0.25, 0.3) is 0 Å². The summed E-state index contributed by atoms with van der Waals surface area (Å²) in [6.45, 7) is 2.22. The van der Waals surface area contributed by atoms with Gasteiger partial charge in [-0.3, -0.25) is 0 Å². The third kappa shape index (κ3) is 15.6. The fraction of sp³-hybridized carbons (Fsp3) is 0.149. The van der Waals surface area contributed by atoms with Gasteiger partial charge in [0, 0.05) is 133 Å². The number of urea groups is 3. The SMILES string of the molecule is COCCCNC(=O)Nc1ccc(N(c2ccccc2)c2ccc(N(c3ccc(N(c4ccccc4)c4ccc(NC(=O)NCOC)cc4)cc3)c3ccc(N(c4ccccc4)c4cccc(NC(=O)NCCCOC)c4)cc3)cc2)cc1. The van der Waals surface area contributed by atoms with Gasteiger partial charge >= 0.3 is 18.1 Å². The second-order valence-electron chi connectivity index (χ2n) is 19.1. The van der Waals surface area contributed by atoms with Crippen molar-refractivity contribution in [2.75, 3.05) is 89.9 Å². The van der Waals surface area contributed by atoms with E-state index >= 15 is 0 Å². The van der Waals surface area contributed by atoms with Crippen LogP contribution in [0, 0.1) is 0 Å². The number of amides is 6. The van der Waals surface area contributed by atoms with E-state index in [-0.39, 0.29) is 24.8 Å². The summed E-state index contributed by atoms with van der Waals surface area (Å²) in [5.74, 6) is 0. The molecule has 0 fully saturated rings. The summed E-state index contributed by atoms with van der Waals surface area (Å²) in [4.78, 5) is 46.8. The summed E-state index contributed by atoms with van der Waals surface area (Å²) < 4.78 is 15.3. The van der Waals surface area contributed by atoms with Gasteiger partial charge in [0.05, 0.1) is 0 Å². The summed E-state index contributed by atoms with van der Waals surface area (Å²) >= 11 is 0. The van der Waals surface area contributed by atoms with Gasteiger partial charge in [0.15, 0.2) is 0 Å². The Kier molecular flexibility index (Phi) is 20.4. The molecule has 0 atom stereocenters. The first-order valence-corrected chi connectivity index (χ1v) is 27.4. The lowest BCUT2D eigenvalue weighted by atomic mass is 10.1. The Morgan fingerprint density at radius 3 is 0.904 bits per heavy atom. The van der Waals surface area contributed by atoms with Gasteiger partial charge in [-0.05, 0) is 189 Å². The molecule has 0 saturated heterocycles. The van der Waals surface area contributed by atoms with E-state index in [4.69, 9.17) is 14.2 Å². The van der Waals surface area contributed by atoms with Crippen LogP contribution >= 0.6 is 0 Å². The predicted octanol–water partition coefficient (Wildman–Crippen LogP) is 15.6. The first kappa shape index (κ1) is 57.6. The topological polar surface area (TPSA) is 164 Å². The molecule has 9 aromatic carbocycles. The lowest BCUT2D eigenvalue weighted by molar-refractivity contribution is 0.177. The van der Waals surface area contributed by atoms with E-state index in [2.05, 4.69) is 161 Å². The second-order valence-corrected chi connectivity index (χ2v) is 19.1. The minimum atomic E-state index is -0.363. The number of methoxy groups -OCH3 is 3. The average molecular weight is 1110 g/mol. The lowest BCUT2D eigenvalue weighted by Gasteiger charge is -2.30. The van der Waals surface area contributed by atoms with E-state index in [1.165, 1.54) is 7.11 Å². The molecule has 0 unspecified atom stereocenters. The van der Waals surface area contributed by atoms with Gasteiger partial charge in [0.1, 0.15) is 6.73 Å². The monoisotopic (exact) mass is 1110 g/mol. The first-order valence-electron chi connectivity index (χ1n) is 27.4. The number of nitrogens with one attached hydrogen (secondary N) is 6. The number of ether oxygens (including phenoxy) is 3. The van der Waals surface area contributed by atoms with Crippen LogP contribution < -0.4 is 51.5 Å². The number of carbonyl (C=O) groups excluding carboxylic acids is 3. The zero-order valence-electron chi connectivity index (χ0n) is 46.7. The maximum atomic E-state index is 12.9. The quantitative estimate of drug-likeness (QED) is 0.0240. The molecule has 0 aromatic heterocycles. The molecule has 0 saturated carbocycles. The maximum Gasteiger partial charge on any atom is 0.321 e. The summed E-state index contributed by atoms with van der Waals surface area (Å²) in [7, 11) is 4.81. The Morgan fingerprint density at radius 1 is 0.301 bits per heavy atom. The van der Waals surface area contributed by atoms with Gasteiger partial charge < -0.3 is 65.7 Å². The van der Waals surface area contributed by atoms with Crippen LogP contribution in [0.4, 0.5) is 99.7 Å². The normalized spacial score (nSPS) is 10.7. The molecule has 83 heavy (non-hydrogen) atoms. The highest BCUT2D eigenvalue weighted by molar-refractivity contribution is 5.93. The summed E-state index contributed by atoms with van der Waals surface area (Å²) in [6, 6.07) is 78.3. The van der Waals surface area contributed by atoms with Crippen molar-refractivity contribution in [3.05, 3.63) is 237 Å². The number of hydrogen-bond donors (Lipinski definition) is 6. The van der Waals surface area contributed by atoms with E-state index in [9.17, 15) is 14.4 Å². The number of benzene rings is 9. The predicted molar refractivity (Wildman–Crippen MR) is 336 cm³/mol. The zero-order chi connectivity index (χ0) is 57.6. The van der Waals surface area contributed by atoms with Gasteiger partial charge in [-0.25, -0.2) is 14.4 Å². The van der Waals surface area contributed by atoms with Gasteiger partial charge in [-0.2, -0.15) is 0 Å². The molecule has 9 aromatic rings. The Morgan fingerprint density at radius 2 is 0.578 bits per heavy atom. The molecule has 6 N–H and O–H groups in total. The van der Waals surface area contributed by atoms with Crippen molar-refractivity contribution in [1.29, 1.82) is 0 Å². The van der Waals surface area contributed by atoms with Gasteiger partial charge in [0.25, 0.3) is 0 Å². The summed E-state index contributed by atoms with van der Waals surface area (Å²) in [5, 5.41) is 17.2. The van der Waals surface area contributed by atoms with Crippen LogP contribution in [-0.2, 0) is 14.2 Å². The fourth-order valence-electron chi connectivity index (χ4n) is 9.38. The van der Waals surface area contributed by atoms with Gasteiger partial charge in [-0.15, -0.1) is 0 Å². The molecule has 6 amide bonds. The van der Waals surface area contributed by atoms with E-state index in [1.54, 1.807) is 14.2 Å². The van der Waals surface area contributed by atoms with Crippen LogP contribution in [0.5, 0.6) is 0 Å². The molecule has 16 nitrogen and oxygen atoms in total. The second kappa shape index (κ2) is 29.4. The number of anilines is 15. The van der Waals surface area contributed by atoms with Crippen molar-refractivity contribution in [2.45, 2.75) is 12.8 Å². The van der Waals surface area contributed by atoms with Crippen LogP contribution in [0.2, 0.25) is 0 Å². The zero-order valence-corrected chi connectivity index (χ0v) is 46.7. The number of carbonyl (C=O) groups is 3. The standard InChI is InChI=1S/C67H68N10O6/c1-81-46-14-44-68-65(78)71-50-24-28-56(29-25-50)74(53-17-7-4-8-18-53)58-32-36-60(37-33-58)76(61-38-34-59(35-39-61)75(54-19-9-5-10-20-54)57-30-26-51(27-31-57)72-67(80)70-49-83-3)62-40-42-63(43-41-62)77(55-21-11-6-12-22-55)64-23-13-16-52(48-64)73-66(79)69-45-15-47-82-2/h4-13,16-43,48H,14-15,44-47,49H2,1-3H3,(H2,68,71,78)(H2,69,73,79)(H2,70,72,80).